The average Bonchev–Trinajstić information content (AvgIpc) is 2.28. The zero-order chi connectivity index (χ0) is 11.5. The number of halogens is 1. The van der Waals surface area contributed by atoms with Crippen molar-refractivity contribution in [1.82, 2.24) is 5.32 Å². The van der Waals surface area contributed by atoms with Crippen molar-refractivity contribution in [2.45, 2.75) is 19.9 Å². The van der Waals surface area contributed by atoms with Crippen LogP contribution in [0, 0.1) is 5.82 Å². The molecule has 0 spiro atoms. The molecule has 0 saturated heterocycles. The van der Waals surface area contributed by atoms with Gasteiger partial charge < -0.3 is 10.1 Å². The Balaban J connectivity index is 2.43. The quantitative estimate of drug-likeness (QED) is 0.775. The monoisotopic (exact) mass is 223 g/mol. The van der Waals surface area contributed by atoms with Crippen LogP contribution in [-0.2, 0) is 17.7 Å². The highest BCUT2D eigenvalue weighted by molar-refractivity contribution is 5.91. The SMILES string of the molecule is CCOC(=O)c1cc(F)cc2c1CNCC2. The van der Waals surface area contributed by atoms with Gasteiger partial charge in [0.1, 0.15) is 5.82 Å². The number of ether oxygens (including phenoxy) is 1. The highest BCUT2D eigenvalue weighted by Crippen LogP contribution is 2.21. The fraction of sp³-hybridized carbons (Fsp3) is 0.417. The number of hydrogen-bond acceptors (Lipinski definition) is 3. The second-order valence-corrected chi connectivity index (χ2v) is 3.74. The minimum atomic E-state index is -0.443. The summed E-state index contributed by atoms with van der Waals surface area (Å²) in [4.78, 5) is 11.7. The Morgan fingerprint density at radius 1 is 1.56 bits per heavy atom. The molecule has 4 heteroatoms. The summed E-state index contributed by atoms with van der Waals surface area (Å²) >= 11 is 0. The lowest BCUT2D eigenvalue weighted by Crippen LogP contribution is -2.26. The number of fused-ring (bicyclic) bond motifs is 1. The second kappa shape index (κ2) is 4.61. The third-order valence-corrected chi connectivity index (χ3v) is 2.68. The lowest BCUT2D eigenvalue weighted by atomic mass is 9.95. The molecule has 0 bridgehead atoms. The zero-order valence-electron chi connectivity index (χ0n) is 9.18. The fourth-order valence-electron chi connectivity index (χ4n) is 1.95. The van der Waals surface area contributed by atoms with E-state index in [1.807, 2.05) is 0 Å². The maximum absolute atomic E-state index is 13.3. The topological polar surface area (TPSA) is 38.3 Å². The minimum Gasteiger partial charge on any atom is -0.462 e. The summed E-state index contributed by atoms with van der Waals surface area (Å²) in [6, 6.07) is 2.75. The molecule has 1 N–H and O–H groups in total. The molecule has 0 fully saturated rings. The number of hydrogen-bond donors (Lipinski definition) is 1. The van der Waals surface area contributed by atoms with Crippen LogP contribution >= 0.6 is 0 Å². The Morgan fingerprint density at radius 2 is 2.38 bits per heavy atom. The van der Waals surface area contributed by atoms with Crippen LogP contribution in [0.4, 0.5) is 4.39 Å². The Kier molecular flexibility index (Phi) is 3.19. The van der Waals surface area contributed by atoms with Gasteiger partial charge >= 0.3 is 5.97 Å². The first-order valence-electron chi connectivity index (χ1n) is 5.41. The van der Waals surface area contributed by atoms with Crippen LogP contribution < -0.4 is 5.32 Å². The molecule has 1 aromatic rings. The highest BCUT2D eigenvalue weighted by Gasteiger charge is 2.19. The molecule has 1 heterocycles. The largest absolute Gasteiger partial charge is 0.462 e. The smallest absolute Gasteiger partial charge is 0.338 e. The molecular formula is C12H14FNO2. The summed E-state index contributed by atoms with van der Waals surface area (Å²) in [6.07, 6.45) is 0.750. The van der Waals surface area contributed by atoms with Gasteiger partial charge in [-0.05, 0) is 43.1 Å². The number of carbonyl (C=O) groups is 1. The molecular weight excluding hydrogens is 209 g/mol. The first kappa shape index (κ1) is 11.1. The van der Waals surface area contributed by atoms with Crippen LogP contribution in [-0.4, -0.2) is 19.1 Å². The van der Waals surface area contributed by atoms with Crippen LogP contribution in [0.5, 0.6) is 0 Å². The van der Waals surface area contributed by atoms with Gasteiger partial charge in [-0.3, -0.25) is 0 Å². The number of carbonyl (C=O) groups excluding carboxylic acids is 1. The van der Waals surface area contributed by atoms with Gasteiger partial charge in [-0.25, -0.2) is 9.18 Å². The molecule has 0 radical (unpaired) electrons. The lowest BCUT2D eigenvalue weighted by Gasteiger charge is -2.19. The highest BCUT2D eigenvalue weighted by atomic mass is 19.1. The van der Waals surface area contributed by atoms with E-state index >= 15 is 0 Å². The van der Waals surface area contributed by atoms with Crippen LogP contribution in [0.15, 0.2) is 12.1 Å². The predicted molar refractivity (Wildman–Crippen MR) is 57.8 cm³/mol. The van der Waals surface area contributed by atoms with E-state index in [-0.39, 0.29) is 5.82 Å². The molecule has 0 saturated carbocycles. The van der Waals surface area contributed by atoms with Gasteiger partial charge in [-0.1, -0.05) is 0 Å². The van der Waals surface area contributed by atoms with E-state index in [0.717, 1.165) is 24.1 Å². The van der Waals surface area contributed by atoms with Gasteiger partial charge in [0.15, 0.2) is 0 Å². The Morgan fingerprint density at radius 3 is 3.12 bits per heavy atom. The van der Waals surface area contributed by atoms with Gasteiger partial charge in [-0.15, -0.1) is 0 Å². The molecule has 1 aliphatic rings. The third kappa shape index (κ3) is 2.07. The van der Waals surface area contributed by atoms with Crippen molar-refractivity contribution in [3.63, 3.8) is 0 Å². The molecule has 86 valence electrons. The maximum Gasteiger partial charge on any atom is 0.338 e. The van der Waals surface area contributed by atoms with Crippen molar-refractivity contribution in [3.8, 4) is 0 Å². The van der Waals surface area contributed by atoms with E-state index in [4.69, 9.17) is 4.74 Å². The zero-order valence-corrected chi connectivity index (χ0v) is 9.18. The van der Waals surface area contributed by atoms with Crippen molar-refractivity contribution < 1.29 is 13.9 Å². The van der Waals surface area contributed by atoms with Crippen molar-refractivity contribution in [2.24, 2.45) is 0 Å². The van der Waals surface area contributed by atoms with Crippen LogP contribution in [0.3, 0.4) is 0 Å². The standard InChI is InChI=1S/C12H14FNO2/c1-2-16-12(15)10-6-9(13)5-8-3-4-14-7-11(8)10/h5-6,14H,2-4,7H2,1H3. The number of esters is 1. The predicted octanol–water partition coefficient (Wildman–Crippen LogP) is 1.65. The molecule has 0 aromatic heterocycles. The lowest BCUT2D eigenvalue weighted by molar-refractivity contribution is 0.0524. The van der Waals surface area contributed by atoms with Gasteiger partial charge in [0.05, 0.1) is 12.2 Å². The van der Waals surface area contributed by atoms with Crippen molar-refractivity contribution in [3.05, 3.63) is 34.6 Å². The van der Waals surface area contributed by atoms with Gasteiger partial charge in [0, 0.05) is 6.54 Å². The van der Waals surface area contributed by atoms with E-state index in [2.05, 4.69) is 5.32 Å². The van der Waals surface area contributed by atoms with Crippen molar-refractivity contribution in [1.29, 1.82) is 0 Å². The Bertz CT molecular complexity index is 418. The molecule has 1 aliphatic heterocycles. The Labute approximate surface area is 93.6 Å². The van der Waals surface area contributed by atoms with Gasteiger partial charge in [-0.2, -0.15) is 0 Å². The van der Waals surface area contributed by atoms with Crippen LogP contribution in [0.1, 0.15) is 28.4 Å². The molecule has 0 atom stereocenters. The molecule has 16 heavy (non-hydrogen) atoms. The van der Waals surface area contributed by atoms with E-state index in [0.29, 0.717) is 18.7 Å². The van der Waals surface area contributed by atoms with Gasteiger partial charge in [0.2, 0.25) is 0 Å². The summed E-state index contributed by atoms with van der Waals surface area (Å²) in [7, 11) is 0. The first-order chi connectivity index (χ1) is 7.72. The number of nitrogens with one attached hydrogen (secondary N) is 1. The van der Waals surface area contributed by atoms with Crippen molar-refractivity contribution >= 4 is 5.97 Å². The third-order valence-electron chi connectivity index (χ3n) is 2.68. The summed E-state index contributed by atoms with van der Waals surface area (Å²) in [5.41, 5.74) is 2.12. The normalized spacial score (nSPS) is 14.4. The van der Waals surface area contributed by atoms with Gasteiger partial charge in [0.25, 0.3) is 0 Å². The van der Waals surface area contributed by atoms with E-state index in [1.165, 1.54) is 12.1 Å². The van der Waals surface area contributed by atoms with E-state index in [1.54, 1.807) is 6.92 Å². The summed E-state index contributed by atoms with van der Waals surface area (Å²) in [6.45, 7) is 3.46. The Hall–Kier alpha value is -1.42. The van der Waals surface area contributed by atoms with Crippen LogP contribution in [0.25, 0.3) is 0 Å². The molecule has 0 aliphatic carbocycles. The number of rotatable bonds is 2. The van der Waals surface area contributed by atoms with Crippen LogP contribution in [0.2, 0.25) is 0 Å². The van der Waals surface area contributed by atoms with E-state index < -0.39 is 5.97 Å². The maximum atomic E-state index is 13.3. The molecule has 2 rings (SSSR count). The van der Waals surface area contributed by atoms with E-state index in [9.17, 15) is 9.18 Å². The first-order valence-corrected chi connectivity index (χ1v) is 5.41. The van der Waals surface area contributed by atoms with Crippen molar-refractivity contribution in [2.75, 3.05) is 13.2 Å². The summed E-state index contributed by atoms with van der Waals surface area (Å²) in [5.74, 6) is -0.814. The fourth-order valence-corrected chi connectivity index (χ4v) is 1.95. The summed E-state index contributed by atoms with van der Waals surface area (Å²) < 4.78 is 18.2. The molecule has 0 unspecified atom stereocenters. The minimum absolute atomic E-state index is 0.303. The molecule has 1 aromatic carbocycles. The molecule has 0 amide bonds. The average molecular weight is 223 g/mol. The molecule has 3 nitrogen and oxygen atoms in total. The number of benzene rings is 1. The summed E-state index contributed by atoms with van der Waals surface area (Å²) in [5, 5.41) is 3.17. The second-order valence-electron chi connectivity index (χ2n) is 3.74.